The fourth-order valence-corrected chi connectivity index (χ4v) is 3.33. The lowest BCUT2D eigenvalue weighted by Crippen LogP contribution is -2.27. The van der Waals surface area contributed by atoms with Crippen molar-refractivity contribution in [3.05, 3.63) is 29.8 Å². The third-order valence-electron chi connectivity index (χ3n) is 4.74. The van der Waals surface area contributed by atoms with Crippen LogP contribution in [0.5, 0.6) is 5.75 Å². The van der Waals surface area contributed by atoms with E-state index in [0.29, 0.717) is 12.5 Å². The second kappa shape index (κ2) is 7.95. The van der Waals surface area contributed by atoms with Crippen LogP contribution in [-0.2, 0) is 11.3 Å². The smallest absolute Gasteiger partial charge is 0.119 e. The van der Waals surface area contributed by atoms with E-state index in [1.54, 1.807) is 0 Å². The molecule has 0 spiro atoms. The summed E-state index contributed by atoms with van der Waals surface area (Å²) in [6.45, 7) is 3.26. The highest BCUT2D eigenvalue weighted by Crippen LogP contribution is 2.24. The molecule has 1 aliphatic heterocycles. The molecule has 2 N–H and O–H groups in total. The number of ether oxygens (including phenoxy) is 2. The fourth-order valence-electron chi connectivity index (χ4n) is 3.33. The molecule has 0 aromatic heterocycles. The van der Waals surface area contributed by atoms with E-state index in [4.69, 9.17) is 9.47 Å². The maximum atomic E-state index is 9.80. The van der Waals surface area contributed by atoms with Gasteiger partial charge < -0.3 is 19.9 Å². The molecule has 0 amide bonds. The lowest BCUT2D eigenvalue weighted by atomic mass is 10.1. The molecule has 3 rings (SSSR count). The number of aliphatic hydroxyl groups is 1. The van der Waals surface area contributed by atoms with Crippen LogP contribution in [0.25, 0.3) is 0 Å². The summed E-state index contributed by atoms with van der Waals surface area (Å²) in [5.41, 5.74) is 1.25. The van der Waals surface area contributed by atoms with E-state index in [-0.39, 0.29) is 12.2 Å². The monoisotopic (exact) mass is 305 g/mol. The first-order valence-electron chi connectivity index (χ1n) is 8.53. The first-order valence-corrected chi connectivity index (χ1v) is 8.53. The largest absolute Gasteiger partial charge is 0.491 e. The minimum atomic E-state index is -0.110. The van der Waals surface area contributed by atoms with Gasteiger partial charge in [-0.3, -0.25) is 0 Å². The van der Waals surface area contributed by atoms with Gasteiger partial charge in [0.1, 0.15) is 12.4 Å². The van der Waals surface area contributed by atoms with E-state index in [2.05, 4.69) is 17.4 Å². The summed E-state index contributed by atoms with van der Waals surface area (Å²) >= 11 is 0. The summed E-state index contributed by atoms with van der Waals surface area (Å²) in [4.78, 5) is 0. The van der Waals surface area contributed by atoms with Gasteiger partial charge in [0.15, 0.2) is 0 Å². The summed E-state index contributed by atoms with van der Waals surface area (Å²) in [5, 5.41) is 13.3. The molecular formula is C18H27NO3. The fraction of sp³-hybridized carbons (Fsp3) is 0.667. The molecule has 22 heavy (non-hydrogen) atoms. The van der Waals surface area contributed by atoms with Gasteiger partial charge in [-0.05, 0) is 49.3 Å². The van der Waals surface area contributed by atoms with Crippen molar-refractivity contribution in [1.82, 2.24) is 5.32 Å². The van der Waals surface area contributed by atoms with Crippen LogP contribution in [0.1, 0.15) is 37.7 Å². The zero-order chi connectivity index (χ0) is 15.2. The van der Waals surface area contributed by atoms with Crippen LogP contribution in [0.15, 0.2) is 24.3 Å². The van der Waals surface area contributed by atoms with Crippen LogP contribution in [0.2, 0.25) is 0 Å². The summed E-state index contributed by atoms with van der Waals surface area (Å²) in [5.74, 6) is 1.33. The van der Waals surface area contributed by atoms with Gasteiger partial charge in [-0.1, -0.05) is 18.6 Å². The molecule has 0 radical (unpaired) electrons. The maximum absolute atomic E-state index is 9.80. The van der Waals surface area contributed by atoms with E-state index in [0.717, 1.165) is 57.6 Å². The summed E-state index contributed by atoms with van der Waals surface area (Å²) in [6.07, 6.45) is 5.67. The molecule has 1 aliphatic carbocycles. The van der Waals surface area contributed by atoms with Crippen molar-refractivity contribution >= 4 is 0 Å². The van der Waals surface area contributed by atoms with Gasteiger partial charge in [-0.2, -0.15) is 0 Å². The minimum absolute atomic E-state index is 0.110. The van der Waals surface area contributed by atoms with Crippen LogP contribution >= 0.6 is 0 Å². The lowest BCUT2D eigenvalue weighted by Gasteiger charge is -2.15. The number of benzene rings is 1. The quantitative estimate of drug-likeness (QED) is 0.812. The third-order valence-corrected chi connectivity index (χ3v) is 4.74. The molecule has 3 atom stereocenters. The molecule has 1 aromatic carbocycles. The van der Waals surface area contributed by atoms with E-state index in [1.165, 1.54) is 5.56 Å². The molecular weight excluding hydrogens is 278 g/mol. The zero-order valence-electron chi connectivity index (χ0n) is 13.2. The molecule has 4 heteroatoms. The van der Waals surface area contributed by atoms with Crippen LogP contribution in [0.3, 0.4) is 0 Å². The summed E-state index contributed by atoms with van der Waals surface area (Å²) in [7, 11) is 0. The number of rotatable bonds is 7. The standard InChI is InChI=1S/C18H27NO3/c20-18-5-1-3-15(18)12-19-11-14-6-8-16(9-7-14)22-13-17-4-2-10-21-17/h6-9,15,17-20H,1-5,10-13H2. The number of hydrogen-bond donors (Lipinski definition) is 2. The predicted molar refractivity (Wildman–Crippen MR) is 86.0 cm³/mol. The molecule has 2 aliphatic rings. The number of hydrogen-bond acceptors (Lipinski definition) is 4. The van der Waals surface area contributed by atoms with Crippen molar-refractivity contribution in [2.45, 2.75) is 50.9 Å². The Labute approximate surface area is 132 Å². The highest BCUT2D eigenvalue weighted by molar-refractivity contribution is 5.27. The van der Waals surface area contributed by atoms with Crippen LogP contribution in [-0.4, -0.2) is 37.1 Å². The molecule has 122 valence electrons. The average Bonchev–Trinajstić information content (AvgIpc) is 3.19. The number of aliphatic hydroxyl groups excluding tert-OH is 1. The Morgan fingerprint density at radius 2 is 2.00 bits per heavy atom. The predicted octanol–water partition coefficient (Wildman–Crippen LogP) is 2.50. The number of nitrogens with one attached hydrogen (secondary N) is 1. The van der Waals surface area contributed by atoms with E-state index in [9.17, 15) is 5.11 Å². The second-order valence-electron chi connectivity index (χ2n) is 6.48. The van der Waals surface area contributed by atoms with Gasteiger partial charge in [-0.15, -0.1) is 0 Å². The Hall–Kier alpha value is -1.10. The lowest BCUT2D eigenvalue weighted by molar-refractivity contribution is 0.0679. The molecule has 4 nitrogen and oxygen atoms in total. The van der Waals surface area contributed by atoms with E-state index >= 15 is 0 Å². The second-order valence-corrected chi connectivity index (χ2v) is 6.48. The Balaban J connectivity index is 1.37. The van der Waals surface area contributed by atoms with Gasteiger partial charge >= 0.3 is 0 Å². The van der Waals surface area contributed by atoms with Gasteiger partial charge in [0.25, 0.3) is 0 Å². The first-order chi connectivity index (χ1) is 10.8. The van der Waals surface area contributed by atoms with Crippen molar-refractivity contribution in [1.29, 1.82) is 0 Å². The van der Waals surface area contributed by atoms with Crippen molar-refractivity contribution in [3.8, 4) is 5.75 Å². The van der Waals surface area contributed by atoms with Crippen LogP contribution < -0.4 is 10.1 Å². The first kappa shape index (κ1) is 15.8. The average molecular weight is 305 g/mol. The normalized spacial score (nSPS) is 28.1. The Kier molecular flexibility index (Phi) is 5.70. The highest BCUT2D eigenvalue weighted by atomic mass is 16.5. The molecule has 2 fully saturated rings. The maximum Gasteiger partial charge on any atom is 0.119 e. The molecule has 3 unspecified atom stereocenters. The highest BCUT2D eigenvalue weighted by Gasteiger charge is 2.24. The third kappa shape index (κ3) is 4.45. The van der Waals surface area contributed by atoms with Gasteiger partial charge in [0, 0.05) is 19.7 Å². The van der Waals surface area contributed by atoms with Crippen molar-refractivity contribution < 1.29 is 14.6 Å². The van der Waals surface area contributed by atoms with E-state index in [1.807, 2.05) is 12.1 Å². The Bertz CT molecular complexity index is 442. The van der Waals surface area contributed by atoms with Crippen molar-refractivity contribution in [3.63, 3.8) is 0 Å². The Morgan fingerprint density at radius 3 is 2.68 bits per heavy atom. The van der Waals surface area contributed by atoms with Crippen molar-refractivity contribution in [2.24, 2.45) is 5.92 Å². The van der Waals surface area contributed by atoms with Crippen LogP contribution in [0, 0.1) is 5.92 Å². The zero-order valence-corrected chi connectivity index (χ0v) is 13.2. The molecule has 1 saturated carbocycles. The SMILES string of the molecule is OC1CCCC1CNCc1ccc(OCC2CCCO2)cc1. The molecule has 0 bridgehead atoms. The van der Waals surface area contributed by atoms with Crippen molar-refractivity contribution in [2.75, 3.05) is 19.8 Å². The van der Waals surface area contributed by atoms with Gasteiger partial charge in [-0.25, -0.2) is 0 Å². The van der Waals surface area contributed by atoms with E-state index < -0.39 is 0 Å². The Morgan fingerprint density at radius 1 is 1.14 bits per heavy atom. The van der Waals surface area contributed by atoms with Gasteiger partial charge in [0.2, 0.25) is 0 Å². The topological polar surface area (TPSA) is 50.7 Å². The molecule has 1 aromatic rings. The molecule has 1 saturated heterocycles. The summed E-state index contributed by atoms with van der Waals surface area (Å²) in [6, 6.07) is 8.25. The van der Waals surface area contributed by atoms with Gasteiger partial charge in [0.05, 0.1) is 12.2 Å². The molecule has 1 heterocycles. The minimum Gasteiger partial charge on any atom is -0.491 e. The van der Waals surface area contributed by atoms with Crippen LogP contribution in [0.4, 0.5) is 0 Å². The summed E-state index contributed by atoms with van der Waals surface area (Å²) < 4.78 is 11.3.